The Morgan fingerprint density at radius 3 is 1.12 bits per heavy atom. The molecule has 0 saturated carbocycles. The van der Waals surface area contributed by atoms with Gasteiger partial charge in [-0.3, -0.25) is 19.2 Å². The van der Waals surface area contributed by atoms with Crippen LogP contribution in [0.15, 0.2) is 50.6 Å². The van der Waals surface area contributed by atoms with Crippen LogP contribution >= 0.6 is 0 Å². The zero-order valence-corrected chi connectivity index (χ0v) is 24.2. The van der Waals surface area contributed by atoms with Crippen LogP contribution in [0.3, 0.4) is 0 Å². The number of hydrogen-bond acceptors (Lipinski definition) is 8. The van der Waals surface area contributed by atoms with Crippen molar-refractivity contribution < 1.29 is 38.1 Å². The molecule has 0 heterocycles. The first kappa shape index (κ1) is 37.7. The van der Waals surface area contributed by atoms with Crippen LogP contribution in [0.25, 0.3) is 0 Å². The minimum absolute atomic E-state index is 0.177. The Morgan fingerprint density at radius 1 is 0.488 bits per heavy atom. The van der Waals surface area contributed by atoms with Gasteiger partial charge in [0.2, 0.25) is 23.6 Å². The van der Waals surface area contributed by atoms with E-state index >= 15 is 0 Å². The van der Waals surface area contributed by atoms with Crippen molar-refractivity contribution in [1.29, 1.82) is 0 Å². The summed E-state index contributed by atoms with van der Waals surface area (Å²) < 4.78 is 24.1. The van der Waals surface area contributed by atoms with Crippen LogP contribution < -0.4 is 21.3 Å². The lowest BCUT2D eigenvalue weighted by molar-refractivity contribution is -0.167. The summed E-state index contributed by atoms with van der Waals surface area (Å²) >= 11 is 0. The summed E-state index contributed by atoms with van der Waals surface area (Å²) in [6, 6.07) is 0. The maximum absolute atomic E-state index is 11.4. The zero-order chi connectivity index (χ0) is 30.6. The molecule has 0 aromatic carbocycles. The number of carbonyl (C=O) groups is 4. The molecule has 0 unspecified atom stereocenters. The van der Waals surface area contributed by atoms with Gasteiger partial charge in [0.25, 0.3) is 0 Å². The average molecular weight is 581 g/mol. The lowest BCUT2D eigenvalue weighted by atomic mass is 10.1. The summed E-state index contributed by atoms with van der Waals surface area (Å²) in [5.41, 5.74) is -0.927. The third-order valence-electron chi connectivity index (χ3n) is 5.41. The molecule has 0 bridgehead atoms. The quantitative estimate of drug-likeness (QED) is 0.0788. The van der Waals surface area contributed by atoms with Crippen LogP contribution in [0.1, 0.15) is 32.1 Å². The molecule has 0 aliphatic heterocycles. The van der Waals surface area contributed by atoms with E-state index in [0.29, 0.717) is 84.7 Å². The van der Waals surface area contributed by atoms with Gasteiger partial charge in [-0.2, -0.15) is 0 Å². The Kier molecular flexibility index (Phi) is 23.6. The molecule has 0 aliphatic rings. The van der Waals surface area contributed by atoms with Crippen LogP contribution in [0.4, 0.5) is 0 Å². The minimum atomic E-state index is -0.927. The average Bonchev–Trinajstić information content (AvgIpc) is 2.99. The normalized spacial score (nSPS) is 10.7. The minimum Gasteiger partial charge on any atom is -0.378 e. The van der Waals surface area contributed by atoms with Gasteiger partial charge in [0, 0.05) is 52.6 Å². The van der Waals surface area contributed by atoms with E-state index in [1.165, 1.54) is 24.3 Å². The Hall–Kier alpha value is -3.32. The molecular formula is C29H48N4O8. The summed E-state index contributed by atoms with van der Waals surface area (Å²) in [4.78, 5) is 45.4. The highest BCUT2D eigenvalue weighted by Gasteiger charge is 2.33. The number of ether oxygens (including phenoxy) is 4. The standard InChI is InChI=1S/C29H48N4O8/c1-5-25(34)30-14-9-10-21-41-29(22-38-18-11-15-31-26(35)6-2,23-39-19-12-16-32-27(36)7-3)24-40-20-13-17-33-28(37)8-4/h5-8H,1-4,9-24H2,(H,30,34)(H,31,35)(H,32,36)(H,33,37). The topological polar surface area (TPSA) is 153 Å². The van der Waals surface area contributed by atoms with Crippen molar-refractivity contribution in [3.8, 4) is 0 Å². The molecule has 0 fully saturated rings. The van der Waals surface area contributed by atoms with Crippen LogP contribution in [-0.2, 0) is 38.1 Å². The molecule has 0 aliphatic carbocycles. The van der Waals surface area contributed by atoms with Gasteiger partial charge in [-0.05, 0) is 56.4 Å². The van der Waals surface area contributed by atoms with E-state index in [0.717, 1.165) is 0 Å². The second kappa shape index (κ2) is 25.6. The van der Waals surface area contributed by atoms with Crippen molar-refractivity contribution >= 4 is 23.6 Å². The predicted octanol–water partition coefficient (Wildman–Crippen LogP) is 0.951. The van der Waals surface area contributed by atoms with Crippen LogP contribution in [-0.4, -0.2) is 102 Å². The number of hydrogen-bond donors (Lipinski definition) is 4. The molecule has 12 heteroatoms. The SMILES string of the molecule is C=CC(=O)NCCCCOC(COCCCNC(=O)C=C)(COCCCNC(=O)C=C)COCCCNC(=O)C=C. The number of carbonyl (C=O) groups excluding carboxylic acids is 4. The molecule has 0 radical (unpaired) electrons. The molecule has 0 aromatic heterocycles. The van der Waals surface area contributed by atoms with Gasteiger partial charge < -0.3 is 40.2 Å². The lowest BCUT2D eigenvalue weighted by Crippen LogP contribution is -2.48. The van der Waals surface area contributed by atoms with E-state index in [9.17, 15) is 19.2 Å². The summed E-state index contributed by atoms with van der Waals surface area (Å²) in [5.74, 6) is -0.972. The van der Waals surface area contributed by atoms with Gasteiger partial charge in [0.15, 0.2) is 0 Å². The highest BCUT2D eigenvalue weighted by molar-refractivity contribution is 5.87. The number of amides is 4. The fourth-order valence-corrected chi connectivity index (χ4v) is 3.20. The summed E-state index contributed by atoms with van der Waals surface area (Å²) in [6.45, 7) is 17.5. The second-order valence-corrected chi connectivity index (χ2v) is 8.94. The highest BCUT2D eigenvalue weighted by Crippen LogP contribution is 2.16. The van der Waals surface area contributed by atoms with E-state index in [1.54, 1.807) is 0 Å². The molecule has 4 amide bonds. The van der Waals surface area contributed by atoms with E-state index in [-0.39, 0.29) is 43.4 Å². The Labute approximate surface area is 243 Å². The van der Waals surface area contributed by atoms with Gasteiger partial charge in [-0.25, -0.2) is 0 Å². The first-order valence-corrected chi connectivity index (χ1v) is 13.8. The first-order chi connectivity index (χ1) is 19.8. The van der Waals surface area contributed by atoms with Crippen molar-refractivity contribution in [2.75, 3.05) is 72.4 Å². The smallest absolute Gasteiger partial charge is 0.243 e. The van der Waals surface area contributed by atoms with Crippen molar-refractivity contribution in [3.63, 3.8) is 0 Å². The van der Waals surface area contributed by atoms with Gasteiger partial charge >= 0.3 is 0 Å². The van der Waals surface area contributed by atoms with Crippen LogP contribution in [0.2, 0.25) is 0 Å². The van der Waals surface area contributed by atoms with Crippen molar-refractivity contribution in [3.05, 3.63) is 50.6 Å². The molecule has 4 N–H and O–H groups in total. The second-order valence-electron chi connectivity index (χ2n) is 8.94. The van der Waals surface area contributed by atoms with Crippen molar-refractivity contribution in [1.82, 2.24) is 21.3 Å². The Balaban J connectivity index is 5.08. The highest BCUT2D eigenvalue weighted by atomic mass is 16.6. The summed E-state index contributed by atoms with van der Waals surface area (Å²) in [6.07, 6.45) is 8.00. The maximum atomic E-state index is 11.4. The van der Waals surface area contributed by atoms with Gasteiger partial charge in [-0.1, -0.05) is 26.3 Å². The van der Waals surface area contributed by atoms with E-state index in [2.05, 4.69) is 47.6 Å². The monoisotopic (exact) mass is 580 g/mol. The Bertz CT molecular complexity index is 685. The number of nitrogens with one attached hydrogen (secondary N) is 4. The molecule has 41 heavy (non-hydrogen) atoms. The van der Waals surface area contributed by atoms with E-state index in [1.807, 2.05) is 0 Å². The van der Waals surface area contributed by atoms with Gasteiger partial charge in [0.05, 0.1) is 19.8 Å². The van der Waals surface area contributed by atoms with Crippen molar-refractivity contribution in [2.45, 2.75) is 37.7 Å². The molecule has 12 nitrogen and oxygen atoms in total. The molecular weight excluding hydrogens is 532 g/mol. The van der Waals surface area contributed by atoms with Crippen molar-refractivity contribution in [2.24, 2.45) is 0 Å². The molecule has 0 rings (SSSR count). The summed E-state index contributed by atoms with van der Waals surface area (Å²) in [7, 11) is 0. The van der Waals surface area contributed by atoms with Gasteiger partial charge in [0.1, 0.15) is 5.60 Å². The largest absolute Gasteiger partial charge is 0.378 e. The van der Waals surface area contributed by atoms with Gasteiger partial charge in [-0.15, -0.1) is 0 Å². The number of unbranched alkanes of at least 4 members (excludes halogenated alkanes) is 1. The van der Waals surface area contributed by atoms with E-state index < -0.39 is 5.60 Å². The fourth-order valence-electron chi connectivity index (χ4n) is 3.20. The van der Waals surface area contributed by atoms with Crippen LogP contribution in [0.5, 0.6) is 0 Å². The predicted molar refractivity (Wildman–Crippen MR) is 157 cm³/mol. The van der Waals surface area contributed by atoms with Crippen LogP contribution in [0, 0.1) is 0 Å². The molecule has 0 spiro atoms. The fraction of sp³-hybridized carbons (Fsp3) is 0.586. The molecule has 0 aromatic rings. The maximum Gasteiger partial charge on any atom is 0.243 e. The lowest BCUT2D eigenvalue weighted by Gasteiger charge is -2.33. The van der Waals surface area contributed by atoms with E-state index in [4.69, 9.17) is 18.9 Å². The third kappa shape index (κ3) is 22.1. The molecule has 232 valence electrons. The first-order valence-electron chi connectivity index (χ1n) is 13.8. The zero-order valence-electron chi connectivity index (χ0n) is 24.2. The molecule has 0 saturated heterocycles. The number of rotatable bonds is 28. The Morgan fingerprint density at radius 2 is 0.805 bits per heavy atom. The molecule has 0 atom stereocenters. The summed E-state index contributed by atoms with van der Waals surface area (Å²) in [5, 5.41) is 10.8. The third-order valence-corrected chi connectivity index (χ3v) is 5.41.